The number of thiophene rings is 1. The van der Waals surface area contributed by atoms with E-state index in [4.69, 9.17) is 4.74 Å². The lowest BCUT2D eigenvalue weighted by atomic mass is 9.72. The summed E-state index contributed by atoms with van der Waals surface area (Å²) in [5.74, 6) is -0.845. The molecule has 172 valence electrons. The summed E-state index contributed by atoms with van der Waals surface area (Å²) in [5, 5.41) is 15.6. The van der Waals surface area contributed by atoms with Gasteiger partial charge in [-0.1, -0.05) is 48.5 Å². The Kier molecular flexibility index (Phi) is 6.07. The highest BCUT2D eigenvalue weighted by Crippen LogP contribution is 2.46. The van der Waals surface area contributed by atoms with Crippen molar-refractivity contribution < 1.29 is 19.4 Å². The fourth-order valence-corrected chi connectivity index (χ4v) is 5.70. The number of hydrogen-bond donors (Lipinski definition) is 2. The van der Waals surface area contributed by atoms with E-state index in [-0.39, 0.29) is 24.1 Å². The molecule has 1 aromatic heterocycles. The second kappa shape index (κ2) is 9.31. The summed E-state index contributed by atoms with van der Waals surface area (Å²) in [5.41, 5.74) is 4.10. The van der Waals surface area contributed by atoms with Crippen LogP contribution in [0.1, 0.15) is 47.6 Å². The van der Waals surface area contributed by atoms with Gasteiger partial charge in [-0.15, -0.1) is 11.3 Å². The fourth-order valence-electron chi connectivity index (χ4n) is 4.87. The molecule has 0 spiro atoms. The fraction of sp³-hybridized carbons (Fsp3) is 0.214. The van der Waals surface area contributed by atoms with Gasteiger partial charge in [0.15, 0.2) is 5.78 Å². The van der Waals surface area contributed by atoms with Gasteiger partial charge in [0.05, 0.1) is 5.57 Å². The van der Waals surface area contributed by atoms with Crippen molar-refractivity contribution in [2.45, 2.75) is 38.2 Å². The predicted octanol–water partition coefficient (Wildman–Crippen LogP) is 5.56. The molecular weight excluding hydrogens is 446 g/mol. The summed E-state index contributed by atoms with van der Waals surface area (Å²) in [6, 6.07) is 20.4. The van der Waals surface area contributed by atoms with Crippen molar-refractivity contribution in [2.75, 3.05) is 0 Å². The number of rotatable bonds is 5. The molecule has 0 unspecified atom stereocenters. The maximum absolute atomic E-state index is 13.5. The zero-order valence-electron chi connectivity index (χ0n) is 18.8. The number of ketones is 1. The minimum atomic E-state index is -0.594. The largest absolute Gasteiger partial charge is 0.508 e. The van der Waals surface area contributed by atoms with Gasteiger partial charge in [-0.3, -0.25) is 4.79 Å². The van der Waals surface area contributed by atoms with E-state index in [1.807, 2.05) is 54.8 Å². The van der Waals surface area contributed by atoms with Crippen molar-refractivity contribution in [3.8, 4) is 5.75 Å². The van der Waals surface area contributed by atoms with Gasteiger partial charge in [-0.05, 0) is 48.1 Å². The number of nitrogens with one attached hydrogen (secondary N) is 1. The van der Waals surface area contributed by atoms with Gasteiger partial charge in [0.25, 0.3) is 0 Å². The maximum Gasteiger partial charge on any atom is 0.337 e. The van der Waals surface area contributed by atoms with E-state index < -0.39 is 11.9 Å². The number of ether oxygens (including phenoxy) is 1. The van der Waals surface area contributed by atoms with Crippen molar-refractivity contribution in [3.05, 3.63) is 111 Å². The first-order valence-electron chi connectivity index (χ1n) is 11.3. The van der Waals surface area contributed by atoms with Gasteiger partial charge >= 0.3 is 5.97 Å². The van der Waals surface area contributed by atoms with E-state index in [2.05, 4.69) is 11.4 Å². The molecule has 5 rings (SSSR count). The van der Waals surface area contributed by atoms with Crippen LogP contribution in [0.2, 0.25) is 0 Å². The van der Waals surface area contributed by atoms with E-state index in [1.54, 1.807) is 29.5 Å². The molecule has 6 heteroatoms. The lowest BCUT2D eigenvalue weighted by Gasteiger charge is -2.36. The van der Waals surface area contributed by atoms with Gasteiger partial charge in [-0.2, -0.15) is 0 Å². The first-order chi connectivity index (χ1) is 16.5. The molecule has 2 aromatic carbocycles. The van der Waals surface area contributed by atoms with Crippen LogP contribution in [-0.2, 0) is 20.9 Å². The van der Waals surface area contributed by atoms with Crippen molar-refractivity contribution >= 4 is 23.1 Å². The molecule has 5 nitrogen and oxygen atoms in total. The van der Waals surface area contributed by atoms with Crippen molar-refractivity contribution in [1.29, 1.82) is 0 Å². The first-order valence-corrected chi connectivity index (χ1v) is 12.2. The number of phenolic OH excluding ortho intramolecular Hbond substituents is 1. The number of Topliss-reactive ketones (excluding diaryl/α,β-unsaturated/α-hetero) is 1. The van der Waals surface area contributed by atoms with Crippen LogP contribution in [0.15, 0.2) is 94.7 Å². The molecule has 0 amide bonds. The Bertz CT molecular complexity index is 1290. The zero-order chi connectivity index (χ0) is 23.7. The topological polar surface area (TPSA) is 75.6 Å². The molecule has 0 fully saturated rings. The number of carbonyl (C=O) groups is 2. The molecule has 34 heavy (non-hydrogen) atoms. The van der Waals surface area contributed by atoms with Crippen LogP contribution in [0.25, 0.3) is 0 Å². The Labute approximate surface area is 202 Å². The SMILES string of the molecule is CC1=C(C(=O)OCc2ccccc2)[C@@H](c2cccc(O)c2)C2=C(C[C@@H](c3cccs3)CC2=O)N1. The third-order valence-electron chi connectivity index (χ3n) is 6.41. The minimum Gasteiger partial charge on any atom is -0.508 e. The quantitative estimate of drug-likeness (QED) is 0.477. The number of allylic oxidation sites excluding steroid dienone is 3. The average Bonchev–Trinajstić information content (AvgIpc) is 3.37. The zero-order valence-corrected chi connectivity index (χ0v) is 19.6. The molecule has 2 aliphatic rings. The molecule has 0 bridgehead atoms. The van der Waals surface area contributed by atoms with Crippen LogP contribution in [-0.4, -0.2) is 16.9 Å². The predicted molar refractivity (Wildman–Crippen MR) is 131 cm³/mol. The number of dihydropyridines is 1. The van der Waals surface area contributed by atoms with Crippen molar-refractivity contribution in [1.82, 2.24) is 5.32 Å². The lowest BCUT2D eigenvalue weighted by molar-refractivity contribution is -0.140. The Morgan fingerprint density at radius 1 is 1.09 bits per heavy atom. The molecule has 2 heterocycles. The Morgan fingerprint density at radius 3 is 2.65 bits per heavy atom. The summed E-state index contributed by atoms with van der Waals surface area (Å²) in [6.45, 7) is 1.99. The summed E-state index contributed by atoms with van der Waals surface area (Å²) >= 11 is 1.66. The number of esters is 1. The molecule has 0 radical (unpaired) electrons. The summed E-state index contributed by atoms with van der Waals surface area (Å²) < 4.78 is 5.68. The Balaban J connectivity index is 1.52. The van der Waals surface area contributed by atoms with Crippen LogP contribution in [0.5, 0.6) is 5.75 Å². The van der Waals surface area contributed by atoms with Crippen LogP contribution in [0.3, 0.4) is 0 Å². The Hall–Kier alpha value is -3.64. The Morgan fingerprint density at radius 2 is 1.91 bits per heavy atom. The molecule has 0 saturated heterocycles. The molecule has 3 aromatic rings. The highest BCUT2D eigenvalue weighted by Gasteiger charge is 2.41. The minimum absolute atomic E-state index is 0.0151. The third-order valence-corrected chi connectivity index (χ3v) is 7.44. The van der Waals surface area contributed by atoms with Gasteiger partial charge in [0.1, 0.15) is 12.4 Å². The van der Waals surface area contributed by atoms with Gasteiger partial charge in [0, 0.05) is 40.1 Å². The lowest BCUT2D eigenvalue weighted by Crippen LogP contribution is -2.36. The van der Waals surface area contributed by atoms with E-state index in [9.17, 15) is 14.7 Å². The summed E-state index contributed by atoms with van der Waals surface area (Å²) in [7, 11) is 0. The van der Waals surface area contributed by atoms with Gasteiger partial charge in [-0.25, -0.2) is 4.79 Å². The summed E-state index contributed by atoms with van der Waals surface area (Å²) in [6.07, 6.45) is 1.09. The van der Waals surface area contributed by atoms with E-state index >= 15 is 0 Å². The van der Waals surface area contributed by atoms with E-state index in [0.29, 0.717) is 35.2 Å². The van der Waals surface area contributed by atoms with Crippen LogP contribution >= 0.6 is 11.3 Å². The molecule has 0 saturated carbocycles. The van der Waals surface area contributed by atoms with E-state index in [1.165, 1.54) is 4.88 Å². The molecule has 1 aliphatic carbocycles. The molecule has 2 atom stereocenters. The third kappa shape index (κ3) is 4.29. The smallest absolute Gasteiger partial charge is 0.337 e. The molecular formula is C28H25NO4S. The number of carbonyl (C=O) groups excluding carboxylic acids is 2. The first kappa shape index (κ1) is 22.2. The molecule has 1 aliphatic heterocycles. The standard InChI is InChI=1S/C28H25NO4S/c1-17-25(28(32)33-16-18-7-3-2-4-8-18)26(19-9-5-10-21(30)13-19)27-22(29-17)14-20(15-23(27)31)24-11-6-12-34-24/h2-13,20,26,29-30H,14-16H2,1H3/t20-,26-/m1/s1. The van der Waals surface area contributed by atoms with Gasteiger partial charge < -0.3 is 15.2 Å². The number of benzene rings is 2. The van der Waals surface area contributed by atoms with Crippen LogP contribution in [0.4, 0.5) is 0 Å². The summed E-state index contributed by atoms with van der Waals surface area (Å²) in [4.78, 5) is 28.1. The van der Waals surface area contributed by atoms with Crippen LogP contribution < -0.4 is 5.32 Å². The number of hydrogen-bond acceptors (Lipinski definition) is 6. The average molecular weight is 472 g/mol. The van der Waals surface area contributed by atoms with E-state index in [0.717, 1.165) is 11.3 Å². The normalized spacial score (nSPS) is 20.1. The second-order valence-corrected chi connectivity index (χ2v) is 9.67. The highest BCUT2D eigenvalue weighted by molar-refractivity contribution is 7.10. The monoisotopic (exact) mass is 471 g/mol. The number of aromatic hydroxyl groups is 1. The molecule has 2 N–H and O–H groups in total. The second-order valence-electron chi connectivity index (χ2n) is 8.69. The van der Waals surface area contributed by atoms with Gasteiger partial charge in [0.2, 0.25) is 0 Å². The maximum atomic E-state index is 13.5. The van der Waals surface area contributed by atoms with Crippen molar-refractivity contribution in [2.24, 2.45) is 0 Å². The number of phenols is 1. The van der Waals surface area contributed by atoms with Crippen LogP contribution in [0, 0.1) is 0 Å². The van der Waals surface area contributed by atoms with Crippen molar-refractivity contribution in [3.63, 3.8) is 0 Å². The highest BCUT2D eigenvalue weighted by atomic mass is 32.1.